The first-order valence-corrected chi connectivity index (χ1v) is 8.21. The van der Waals surface area contributed by atoms with E-state index in [1.54, 1.807) is 36.4 Å². The zero-order chi connectivity index (χ0) is 18.7. The summed E-state index contributed by atoms with van der Waals surface area (Å²) in [5.74, 6) is -1.78. The van der Waals surface area contributed by atoms with E-state index in [-0.39, 0.29) is 18.1 Å². The summed E-state index contributed by atoms with van der Waals surface area (Å²) in [6, 6.07) is 14.3. The van der Waals surface area contributed by atoms with E-state index in [9.17, 15) is 15.0 Å². The average molecular weight is 370 g/mol. The maximum absolute atomic E-state index is 12.4. The Morgan fingerprint density at radius 2 is 1.69 bits per heavy atom. The molecule has 3 rings (SSSR count). The number of benzene rings is 2. The number of amides is 1. The molecule has 2 aromatic carbocycles. The predicted octanol–water partition coefficient (Wildman–Crippen LogP) is 3.45. The molecule has 0 bridgehead atoms. The number of aryl methyl sites for hydroxylation is 1. The van der Waals surface area contributed by atoms with E-state index in [2.05, 4.69) is 15.3 Å². The summed E-state index contributed by atoms with van der Waals surface area (Å²) in [5.41, 5.74) is 2.22. The summed E-state index contributed by atoms with van der Waals surface area (Å²) in [6.45, 7) is 2.16. The quantitative estimate of drug-likeness (QED) is 0.654. The number of aromatic hydroxyl groups is 2. The van der Waals surface area contributed by atoms with Gasteiger partial charge in [0.15, 0.2) is 11.5 Å². The second kappa shape index (κ2) is 7.41. The summed E-state index contributed by atoms with van der Waals surface area (Å²) in [5, 5.41) is 23.1. The Kier molecular flexibility index (Phi) is 5.04. The van der Waals surface area contributed by atoms with Gasteiger partial charge in [-0.3, -0.25) is 4.79 Å². The normalized spacial score (nSPS) is 10.5. The molecule has 0 saturated carbocycles. The fourth-order valence-corrected chi connectivity index (χ4v) is 2.43. The second-order valence-electron chi connectivity index (χ2n) is 5.74. The van der Waals surface area contributed by atoms with Gasteiger partial charge in [0, 0.05) is 17.1 Å². The molecule has 6 nitrogen and oxygen atoms in total. The van der Waals surface area contributed by atoms with Crippen molar-refractivity contribution in [3.8, 4) is 23.0 Å². The van der Waals surface area contributed by atoms with Gasteiger partial charge in [0.25, 0.3) is 11.8 Å². The van der Waals surface area contributed by atoms with E-state index in [1.807, 2.05) is 19.1 Å². The molecule has 0 fully saturated rings. The highest BCUT2D eigenvalue weighted by Gasteiger charge is 2.20. The van der Waals surface area contributed by atoms with Crippen LogP contribution in [0.2, 0.25) is 5.02 Å². The Morgan fingerprint density at radius 1 is 1.04 bits per heavy atom. The topological polar surface area (TPSA) is 95.3 Å². The first kappa shape index (κ1) is 17.7. The van der Waals surface area contributed by atoms with Crippen LogP contribution < -0.4 is 5.32 Å². The van der Waals surface area contributed by atoms with Gasteiger partial charge in [0.2, 0.25) is 5.75 Å². The van der Waals surface area contributed by atoms with Crippen LogP contribution in [0.3, 0.4) is 0 Å². The van der Waals surface area contributed by atoms with E-state index >= 15 is 0 Å². The van der Waals surface area contributed by atoms with E-state index in [0.717, 1.165) is 11.1 Å². The fraction of sp³-hybridized carbons (Fsp3) is 0.105. The highest BCUT2D eigenvalue weighted by Crippen LogP contribution is 2.28. The van der Waals surface area contributed by atoms with Crippen molar-refractivity contribution in [2.75, 3.05) is 0 Å². The van der Waals surface area contributed by atoms with Crippen molar-refractivity contribution >= 4 is 17.5 Å². The molecule has 26 heavy (non-hydrogen) atoms. The first-order valence-electron chi connectivity index (χ1n) is 7.83. The highest BCUT2D eigenvalue weighted by molar-refractivity contribution is 6.30. The predicted molar refractivity (Wildman–Crippen MR) is 98.2 cm³/mol. The summed E-state index contributed by atoms with van der Waals surface area (Å²) in [4.78, 5) is 20.3. The van der Waals surface area contributed by atoms with Gasteiger partial charge in [-0.05, 0) is 24.6 Å². The molecule has 0 aliphatic carbocycles. The van der Waals surface area contributed by atoms with Gasteiger partial charge in [-0.25, -0.2) is 4.98 Å². The molecule has 1 amide bonds. The third-order valence-corrected chi connectivity index (χ3v) is 4.01. The van der Waals surface area contributed by atoms with Crippen molar-refractivity contribution in [1.82, 2.24) is 15.3 Å². The smallest absolute Gasteiger partial charge is 0.274 e. The van der Waals surface area contributed by atoms with Gasteiger partial charge in [0.05, 0.1) is 0 Å². The number of nitrogens with one attached hydrogen (secondary N) is 1. The Hall–Kier alpha value is -3.12. The van der Waals surface area contributed by atoms with Crippen molar-refractivity contribution < 1.29 is 15.0 Å². The minimum atomic E-state index is -0.658. The van der Waals surface area contributed by atoms with Crippen LogP contribution in [-0.2, 0) is 6.54 Å². The Morgan fingerprint density at radius 3 is 2.35 bits per heavy atom. The fourth-order valence-electron chi connectivity index (χ4n) is 2.30. The number of nitrogens with zero attached hydrogens (tertiary/aromatic N) is 2. The molecular weight excluding hydrogens is 354 g/mol. The maximum Gasteiger partial charge on any atom is 0.274 e. The molecule has 0 aliphatic rings. The molecule has 0 unspecified atom stereocenters. The number of carbonyl (C=O) groups is 1. The van der Waals surface area contributed by atoms with Crippen molar-refractivity contribution in [3.05, 3.63) is 70.4 Å². The number of aromatic nitrogens is 2. The molecule has 0 aliphatic heterocycles. The van der Waals surface area contributed by atoms with Gasteiger partial charge in [-0.15, -0.1) is 0 Å². The van der Waals surface area contributed by atoms with Crippen LogP contribution >= 0.6 is 11.6 Å². The van der Waals surface area contributed by atoms with Gasteiger partial charge < -0.3 is 15.5 Å². The second-order valence-corrected chi connectivity index (χ2v) is 6.18. The van der Waals surface area contributed by atoms with Crippen molar-refractivity contribution in [1.29, 1.82) is 0 Å². The lowest BCUT2D eigenvalue weighted by Gasteiger charge is -2.09. The zero-order valence-electron chi connectivity index (χ0n) is 13.9. The van der Waals surface area contributed by atoms with E-state index in [1.165, 1.54) is 0 Å². The summed E-state index contributed by atoms with van der Waals surface area (Å²) >= 11 is 5.83. The minimum Gasteiger partial charge on any atom is -0.501 e. The lowest BCUT2D eigenvalue weighted by Crippen LogP contribution is -2.24. The number of hydrogen-bond acceptors (Lipinski definition) is 5. The maximum atomic E-state index is 12.4. The highest BCUT2D eigenvalue weighted by atomic mass is 35.5. The molecule has 0 saturated heterocycles. The Labute approximate surface area is 155 Å². The summed E-state index contributed by atoms with van der Waals surface area (Å²) in [7, 11) is 0. The molecule has 0 spiro atoms. The lowest BCUT2D eigenvalue weighted by molar-refractivity contribution is 0.0942. The molecule has 1 heterocycles. The van der Waals surface area contributed by atoms with E-state index in [4.69, 9.17) is 11.6 Å². The van der Waals surface area contributed by atoms with Crippen LogP contribution in [0.4, 0.5) is 0 Å². The number of rotatable bonds is 4. The number of halogens is 1. The molecule has 0 radical (unpaired) electrons. The van der Waals surface area contributed by atoms with Gasteiger partial charge in [0.1, 0.15) is 0 Å². The third kappa shape index (κ3) is 3.92. The van der Waals surface area contributed by atoms with Crippen molar-refractivity contribution in [2.45, 2.75) is 13.5 Å². The third-order valence-electron chi connectivity index (χ3n) is 3.76. The standard InChI is InChI=1S/C19H16ClN3O3/c1-11-2-6-13(7-3-11)17-22-15(16(24)19(26)23-17)18(25)21-10-12-4-8-14(20)9-5-12/h2-9,24H,10H2,1H3,(H,21,25)(H,22,23,26). The number of carbonyl (C=O) groups excluding carboxylic acids is 1. The molecule has 132 valence electrons. The van der Waals surface area contributed by atoms with Crippen LogP contribution in [0, 0.1) is 6.92 Å². The SMILES string of the molecule is Cc1ccc(-c2nc(O)c(O)c(C(=O)NCc3ccc(Cl)cc3)n2)cc1. The van der Waals surface area contributed by atoms with Crippen LogP contribution in [0.1, 0.15) is 21.6 Å². The minimum absolute atomic E-state index is 0.150. The average Bonchev–Trinajstić information content (AvgIpc) is 2.64. The summed E-state index contributed by atoms with van der Waals surface area (Å²) < 4.78 is 0. The van der Waals surface area contributed by atoms with E-state index < -0.39 is 17.5 Å². The Bertz CT molecular complexity index is 941. The molecule has 3 aromatic rings. The van der Waals surface area contributed by atoms with Crippen LogP contribution in [0.25, 0.3) is 11.4 Å². The van der Waals surface area contributed by atoms with Gasteiger partial charge in [-0.2, -0.15) is 4.98 Å². The van der Waals surface area contributed by atoms with E-state index in [0.29, 0.717) is 10.6 Å². The molecular formula is C19H16ClN3O3. The van der Waals surface area contributed by atoms with Crippen LogP contribution in [0.15, 0.2) is 48.5 Å². The number of hydrogen-bond donors (Lipinski definition) is 3. The van der Waals surface area contributed by atoms with Gasteiger partial charge in [-0.1, -0.05) is 53.6 Å². The van der Waals surface area contributed by atoms with Crippen molar-refractivity contribution in [2.24, 2.45) is 0 Å². The van der Waals surface area contributed by atoms with Crippen molar-refractivity contribution in [3.63, 3.8) is 0 Å². The monoisotopic (exact) mass is 369 g/mol. The first-order chi connectivity index (χ1) is 12.4. The molecule has 3 N–H and O–H groups in total. The largest absolute Gasteiger partial charge is 0.501 e. The van der Waals surface area contributed by atoms with Gasteiger partial charge >= 0.3 is 0 Å². The molecule has 7 heteroatoms. The molecule has 0 atom stereocenters. The van der Waals surface area contributed by atoms with Crippen LogP contribution in [-0.4, -0.2) is 26.1 Å². The summed E-state index contributed by atoms with van der Waals surface area (Å²) in [6.07, 6.45) is 0. The zero-order valence-corrected chi connectivity index (χ0v) is 14.7. The molecule has 1 aromatic heterocycles. The lowest BCUT2D eigenvalue weighted by atomic mass is 10.1. The Balaban J connectivity index is 1.84. The van der Waals surface area contributed by atoms with Crippen LogP contribution in [0.5, 0.6) is 11.6 Å².